The molecule has 0 amide bonds. The fourth-order valence-electron chi connectivity index (χ4n) is 1.69. The molecule has 0 aliphatic carbocycles. The molecule has 2 rings (SSSR count). The van der Waals surface area contributed by atoms with E-state index in [9.17, 15) is 19.6 Å². The average molecular weight is 297 g/mol. The van der Waals surface area contributed by atoms with E-state index in [4.69, 9.17) is 11.6 Å². The molecule has 104 valence electrons. The van der Waals surface area contributed by atoms with E-state index < -0.39 is 10.7 Å². The van der Waals surface area contributed by atoms with Crippen molar-refractivity contribution in [2.75, 3.05) is 5.32 Å². The molecule has 2 aromatic carbocycles. The molecule has 0 spiro atoms. The summed E-state index contributed by atoms with van der Waals surface area (Å²) in [6, 6.07) is 7.70. The third-order valence-corrected chi connectivity index (χ3v) is 2.90. The first-order valence-electron chi connectivity index (χ1n) is 5.62. The van der Waals surface area contributed by atoms with E-state index in [1.807, 2.05) is 0 Å². The Morgan fingerprint density at radius 2 is 2.05 bits per heavy atom. The van der Waals surface area contributed by atoms with Gasteiger partial charge in [-0.1, -0.05) is 11.6 Å². The van der Waals surface area contributed by atoms with Crippen LogP contribution in [0.2, 0.25) is 5.02 Å². The first-order valence-corrected chi connectivity index (χ1v) is 6.00. The number of anilines is 1. The standard InChI is InChI=1S/C13H10ClFN2O3/c14-12-6-10(17(19)20)1-2-13(12)16-7-8-3-9(15)5-11(18)4-8/h1-6,16,18H,7H2. The van der Waals surface area contributed by atoms with Gasteiger partial charge in [0.2, 0.25) is 0 Å². The molecule has 0 atom stereocenters. The second-order valence-electron chi connectivity index (χ2n) is 4.09. The average Bonchev–Trinajstić information content (AvgIpc) is 2.36. The summed E-state index contributed by atoms with van der Waals surface area (Å²) < 4.78 is 13.1. The van der Waals surface area contributed by atoms with Gasteiger partial charge in [0.1, 0.15) is 11.6 Å². The largest absolute Gasteiger partial charge is 0.508 e. The third-order valence-electron chi connectivity index (χ3n) is 2.59. The highest BCUT2D eigenvalue weighted by molar-refractivity contribution is 6.33. The highest BCUT2D eigenvalue weighted by Crippen LogP contribution is 2.27. The van der Waals surface area contributed by atoms with Crippen LogP contribution in [0.1, 0.15) is 5.56 Å². The van der Waals surface area contributed by atoms with Crippen molar-refractivity contribution in [2.24, 2.45) is 0 Å². The summed E-state index contributed by atoms with van der Waals surface area (Å²) in [7, 11) is 0. The van der Waals surface area contributed by atoms with Crippen molar-refractivity contribution in [3.05, 3.63) is 62.9 Å². The molecule has 0 aliphatic rings. The van der Waals surface area contributed by atoms with E-state index >= 15 is 0 Å². The SMILES string of the molecule is O=[N+]([O-])c1ccc(NCc2cc(O)cc(F)c2)c(Cl)c1. The van der Waals surface area contributed by atoms with Gasteiger partial charge >= 0.3 is 0 Å². The number of rotatable bonds is 4. The maximum atomic E-state index is 13.1. The van der Waals surface area contributed by atoms with Gasteiger partial charge in [0.05, 0.1) is 15.6 Å². The van der Waals surface area contributed by atoms with Crippen LogP contribution in [0.3, 0.4) is 0 Å². The highest BCUT2D eigenvalue weighted by Gasteiger charge is 2.09. The summed E-state index contributed by atoms with van der Waals surface area (Å²) in [6.45, 7) is 0.225. The van der Waals surface area contributed by atoms with E-state index in [1.165, 1.54) is 30.3 Å². The minimum atomic E-state index is -0.545. The Kier molecular flexibility index (Phi) is 4.05. The predicted molar refractivity (Wildman–Crippen MR) is 73.5 cm³/mol. The van der Waals surface area contributed by atoms with Crippen molar-refractivity contribution < 1.29 is 14.4 Å². The Morgan fingerprint density at radius 1 is 1.30 bits per heavy atom. The molecule has 0 radical (unpaired) electrons. The number of halogens is 2. The molecule has 0 heterocycles. The second kappa shape index (κ2) is 5.75. The van der Waals surface area contributed by atoms with Crippen molar-refractivity contribution in [3.63, 3.8) is 0 Å². The summed E-state index contributed by atoms with van der Waals surface area (Å²) in [4.78, 5) is 10.0. The van der Waals surface area contributed by atoms with Crippen molar-refractivity contribution in [2.45, 2.75) is 6.54 Å². The van der Waals surface area contributed by atoms with Gasteiger partial charge in [-0.2, -0.15) is 0 Å². The number of phenols is 1. The van der Waals surface area contributed by atoms with E-state index in [0.717, 1.165) is 6.07 Å². The number of hydrogen-bond acceptors (Lipinski definition) is 4. The fraction of sp³-hybridized carbons (Fsp3) is 0.0769. The van der Waals surface area contributed by atoms with Crippen LogP contribution in [-0.2, 0) is 6.54 Å². The molecule has 0 aliphatic heterocycles. The maximum absolute atomic E-state index is 13.1. The van der Waals surface area contributed by atoms with Gasteiger partial charge in [0, 0.05) is 24.7 Å². The lowest BCUT2D eigenvalue weighted by Gasteiger charge is -2.09. The topological polar surface area (TPSA) is 75.4 Å². The summed E-state index contributed by atoms with van der Waals surface area (Å²) in [5.74, 6) is -0.715. The number of nitrogens with zero attached hydrogens (tertiary/aromatic N) is 1. The van der Waals surface area contributed by atoms with Crippen molar-refractivity contribution in [1.82, 2.24) is 0 Å². The third kappa shape index (κ3) is 3.36. The van der Waals surface area contributed by atoms with Crippen LogP contribution in [0.5, 0.6) is 5.75 Å². The molecule has 2 aromatic rings. The van der Waals surface area contributed by atoms with E-state index in [1.54, 1.807) is 0 Å². The van der Waals surface area contributed by atoms with E-state index in [-0.39, 0.29) is 23.0 Å². The minimum Gasteiger partial charge on any atom is -0.508 e. The first kappa shape index (κ1) is 14.1. The first-order chi connectivity index (χ1) is 9.45. The smallest absolute Gasteiger partial charge is 0.271 e. The van der Waals surface area contributed by atoms with Gasteiger partial charge in [-0.3, -0.25) is 10.1 Å². The Bertz CT molecular complexity index is 644. The summed E-state index contributed by atoms with van der Waals surface area (Å²) in [6.07, 6.45) is 0. The van der Waals surface area contributed by atoms with Crippen LogP contribution in [0.25, 0.3) is 0 Å². The van der Waals surface area contributed by atoms with Gasteiger partial charge in [0.25, 0.3) is 5.69 Å². The van der Waals surface area contributed by atoms with Crippen LogP contribution in [0.15, 0.2) is 36.4 Å². The molecular weight excluding hydrogens is 287 g/mol. The number of aromatic hydroxyl groups is 1. The number of hydrogen-bond donors (Lipinski definition) is 2. The van der Waals surface area contributed by atoms with Crippen LogP contribution < -0.4 is 5.32 Å². The molecule has 0 saturated carbocycles. The van der Waals surface area contributed by atoms with Crippen LogP contribution in [0.4, 0.5) is 15.8 Å². The number of nitrogens with one attached hydrogen (secondary N) is 1. The normalized spacial score (nSPS) is 10.3. The van der Waals surface area contributed by atoms with Crippen molar-refractivity contribution in [3.8, 4) is 5.75 Å². The fourth-order valence-corrected chi connectivity index (χ4v) is 1.94. The summed E-state index contributed by atoms with van der Waals surface area (Å²) in [5, 5.41) is 23.0. The lowest BCUT2D eigenvalue weighted by atomic mass is 10.2. The molecule has 20 heavy (non-hydrogen) atoms. The number of benzene rings is 2. The summed E-state index contributed by atoms with van der Waals surface area (Å²) in [5.41, 5.74) is 0.905. The zero-order chi connectivity index (χ0) is 14.7. The zero-order valence-electron chi connectivity index (χ0n) is 10.1. The quantitative estimate of drug-likeness (QED) is 0.666. The molecule has 0 aromatic heterocycles. The van der Waals surface area contributed by atoms with Crippen LogP contribution in [0, 0.1) is 15.9 Å². The van der Waals surface area contributed by atoms with Gasteiger partial charge < -0.3 is 10.4 Å². The number of non-ortho nitro benzene ring substituents is 1. The van der Waals surface area contributed by atoms with Gasteiger partial charge in [-0.05, 0) is 23.8 Å². The number of nitro benzene ring substituents is 1. The molecule has 0 saturated heterocycles. The van der Waals surface area contributed by atoms with Crippen molar-refractivity contribution >= 4 is 23.0 Å². The Hall–Kier alpha value is -2.34. The molecule has 0 bridgehead atoms. The molecule has 7 heteroatoms. The highest BCUT2D eigenvalue weighted by atomic mass is 35.5. The van der Waals surface area contributed by atoms with E-state index in [2.05, 4.69) is 5.32 Å². The number of nitro groups is 1. The van der Waals surface area contributed by atoms with Crippen molar-refractivity contribution in [1.29, 1.82) is 0 Å². The monoisotopic (exact) mass is 296 g/mol. The zero-order valence-corrected chi connectivity index (χ0v) is 10.9. The maximum Gasteiger partial charge on any atom is 0.271 e. The van der Waals surface area contributed by atoms with E-state index in [0.29, 0.717) is 11.3 Å². The molecule has 0 fully saturated rings. The van der Waals surface area contributed by atoms with Crippen LogP contribution >= 0.6 is 11.6 Å². The van der Waals surface area contributed by atoms with Gasteiger partial charge in [0.15, 0.2) is 0 Å². The molecule has 5 nitrogen and oxygen atoms in total. The van der Waals surface area contributed by atoms with Gasteiger partial charge in [-0.25, -0.2) is 4.39 Å². The Labute approximate surface area is 118 Å². The lowest BCUT2D eigenvalue weighted by Crippen LogP contribution is -2.01. The second-order valence-corrected chi connectivity index (χ2v) is 4.50. The predicted octanol–water partition coefficient (Wildman–Crippen LogP) is 3.71. The van der Waals surface area contributed by atoms with Crippen LogP contribution in [-0.4, -0.2) is 10.0 Å². The number of phenolic OH excluding ortho intramolecular Hbond substituents is 1. The molecular formula is C13H10ClFN2O3. The van der Waals surface area contributed by atoms with Gasteiger partial charge in [-0.15, -0.1) is 0 Å². The summed E-state index contributed by atoms with van der Waals surface area (Å²) >= 11 is 5.91. The Balaban J connectivity index is 2.12. The lowest BCUT2D eigenvalue weighted by molar-refractivity contribution is -0.384. The minimum absolute atomic E-state index is 0.107. The molecule has 0 unspecified atom stereocenters. The molecule has 2 N–H and O–H groups in total. The Morgan fingerprint density at radius 3 is 2.65 bits per heavy atom.